The van der Waals surface area contributed by atoms with Gasteiger partial charge in [0.1, 0.15) is 0 Å². The van der Waals surface area contributed by atoms with Crippen molar-refractivity contribution in [2.24, 2.45) is 5.92 Å². The number of hydrogen-bond acceptors (Lipinski definition) is 2. The van der Waals surface area contributed by atoms with Gasteiger partial charge in [-0.2, -0.15) is 13.2 Å². The molecule has 1 fully saturated rings. The SMILES string of the molecule is CNC(Cc1ccc(C(F)(F)F)cc1)C1CCOCC1. The molecule has 1 aromatic carbocycles. The van der Waals surface area contributed by atoms with Crippen LogP contribution in [0.5, 0.6) is 0 Å². The molecule has 0 spiro atoms. The van der Waals surface area contributed by atoms with Gasteiger partial charge < -0.3 is 10.1 Å². The summed E-state index contributed by atoms with van der Waals surface area (Å²) in [5, 5.41) is 3.29. The Kier molecular flexibility index (Phi) is 5.05. The van der Waals surface area contributed by atoms with Crippen LogP contribution in [-0.4, -0.2) is 26.3 Å². The summed E-state index contributed by atoms with van der Waals surface area (Å²) in [4.78, 5) is 0. The Hall–Kier alpha value is -1.07. The van der Waals surface area contributed by atoms with E-state index in [9.17, 15) is 13.2 Å². The van der Waals surface area contributed by atoms with Crippen LogP contribution in [0.3, 0.4) is 0 Å². The van der Waals surface area contributed by atoms with Crippen LogP contribution >= 0.6 is 0 Å². The minimum atomic E-state index is -4.26. The molecule has 2 rings (SSSR count). The molecule has 5 heteroatoms. The highest BCUT2D eigenvalue weighted by Gasteiger charge is 2.30. The lowest BCUT2D eigenvalue weighted by Crippen LogP contribution is -2.38. The zero-order valence-corrected chi connectivity index (χ0v) is 11.5. The van der Waals surface area contributed by atoms with E-state index in [1.165, 1.54) is 0 Å². The van der Waals surface area contributed by atoms with Crippen LogP contribution in [0, 0.1) is 5.92 Å². The standard InChI is InChI=1S/C15H20F3NO/c1-19-14(12-6-8-20-9-7-12)10-11-2-4-13(5-3-11)15(16,17)18/h2-5,12,14,19H,6-10H2,1H3. The van der Waals surface area contributed by atoms with Crippen LogP contribution in [0.2, 0.25) is 0 Å². The van der Waals surface area contributed by atoms with E-state index < -0.39 is 11.7 Å². The molecule has 1 N–H and O–H groups in total. The second-order valence-electron chi connectivity index (χ2n) is 5.24. The highest BCUT2D eigenvalue weighted by molar-refractivity contribution is 5.25. The van der Waals surface area contributed by atoms with Gasteiger partial charge in [-0.1, -0.05) is 12.1 Å². The number of nitrogens with one attached hydrogen (secondary N) is 1. The number of rotatable bonds is 4. The van der Waals surface area contributed by atoms with Gasteiger partial charge in [0.15, 0.2) is 0 Å². The lowest BCUT2D eigenvalue weighted by atomic mass is 9.87. The van der Waals surface area contributed by atoms with Gasteiger partial charge in [-0.05, 0) is 49.9 Å². The highest BCUT2D eigenvalue weighted by Crippen LogP contribution is 2.29. The molecule has 1 atom stereocenters. The molecule has 0 saturated carbocycles. The molecule has 2 nitrogen and oxygen atoms in total. The Balaban J connectivity index is 2.00. The van der Waals surface area contributed by atoms with E-state index in [0.29, 0.717) is 5.92 Å². The van der Waals surface area contributed by atoms with E-state index in [4.69, 9.17) is 4.74 Å². The second kappa shape index (κ2) is 6.59. The molecule has 1 unspecified atom stereocenters. The monoisotopic (exact) mass is 287 g/mol. The number of likely N-dealkylation sites (N-methyl/N-ethyl adjacent to an activating group) is 1. The summed E-state index contributed by atoms with van der Waals surface area (Å²) in [5.41, 5.74) is 0.345. The van der Waals surface area contributed by atoms with Gasteiger partial charge in [-0.3, -0.25) is 0 Å². The van der Waals surface area contributed by atoms with E-state index in [-0.39, 0.29) is 6.04 Å². The largest absolute Gasteiger partial charge is 0.416 e. The number of benzene rings is 1. The first-order valence-electron chi connectivity index (χ1n) is 6.92. The van der Waals surface area contributed by atoms with Gasteiger partial charge in [0.05, 0.1) is 5.56 Å². The number of hydrogen-bond donors (Lipinski definition) is 1. The van der Waals surface area contributed by atoms with Crippen LogP contribution < -0.4 is 5.32 Å². The summed E-state index contributed by atoms with van der Waals surface area (Å²) in [7, 11) is 1.91. The van der Waals surface area contributed by atoms with Gasteiger partial charge in [0.2, 0.25) is 0 Å². The van der Waals surface area contributed by atoms with E-state index in [1.807, 2.05) is 7.05 Å². The Labute approximate surface area is 117 Å². The molecule has 0 radical (unpaired) electrons. The average Bonchev–Trinajstić information content (AvgIpc) is 2.45. The summed E-state index contributed by atoms with van der Waals surface area (Å²) < 4.78 is 42.9. The van der Waals surface area contributed by atoms with Gasteiger partial charge in [0, 0.05) is 19.3 Å². The predicted molar refractivity (Wildman–Crippen MR) is 71.5 cm³/mol. The summed E-state index contributed by atoms with van der Waals surface area (Å²) in [6, 6.07) is 5.76. The van der Waals surface area contributed by atoms with E-state index in [0.717, 1.165) is 50.2 Å². The number of ether oxygens (including phenoxy) is 1. The first-order chi connectivity index (χ1) is 9.50. The Morgan fingerprint density at radius 3 is 2.30 bits per heavy atom. The first kappa shape index (κ1) is 15.3. The van der Waals surface area contributed by atoms with Gasteiger partial charge >= 0.3 is 6.18 Å². The molecule has 0 aromatic heterocycles. The number of alkyl halides is 3. The van der Waals surface area contributed by atoms with Crippen molar-refractivity contribution in [2.75, 3.05) is 20.3 Å². The molecular formula is C15H20F3NO. The second-order valence-corrected chi connectivity index (χ2v) is 5.24. The Bertz CT molecular complexity index is 410. The summed E-state index contributed by atoms with van der Waals surface area (Å²) in [6.45, 7) is 1.55. The zero-order chi connectivity index (χ0) is 14.6. The zero-order valence-electron chi connectivity index (χ0n) is 11.5. The van der Waals surface area contributed by atoms with Crippen molar-refractivity contribution in [3.05, 3.63) is 35.4 Å². The summed E-state index contributed by atoms with van der Waals surface area (Å²) in [6.07, 6.45) is -1.50. The average molecular weight is 287 g/mol. The van der Waals surface area contributed by atoms with Crippen LogP contribution in [0.1, 0.15) is 24.0 Å². The predicted octanol–water partition coefficient (Wildman–Crippen LogP) is 3.26. The minimum absolute atomic E-state index is 0.288. The quantitative estimate of drug-likeness (QED) is 0.917. The van der Waals surface area contributed by atoms with Crippen molar-refractivity contribution in [2.45, 2.75) is 31.5 Å². The van der Waals surface area contributed by atoms with Crippen molar-refractivity contribution < 1.29 is 17.9 Å². The van der Waals surface area contributed by atoms with Crippen LogP contribution in [0.4, 0.5) is 13.2 Å². The lowest BCUT2D eigenvalue weighted by molar-refractivity contribution is -0.137. The topological polar surface area (TPSA) is 21.3 Å². The lowest BCUT2D eigenvalue weighted by Gasteiger charge is -2.30. The van der Waals surface area contributed by atoms with E-state index in [2.05, 4.69) is 5.32 Å². The van der Waals surface area contributed by atoms with Crippen molar-refractivity contribution in [1.82, 2.24) is 5.32 Å². The van der Waals surface area contributed by atoms with E-state index >= 15 is 0 Å². The molecule has 1 aliphatic rings. The maximum Gasteiger partial charge on any atom is 0.416 e. The Morgan fingerprint density at radius 1 is 1.20 bits per heavy atom. The third-order valence-electron chi connectivity index (χ3n) is 3.94. The molecule has 1 heterocycles. The van der Waals surface area contributed by atoms with E-state index in [1.54, 1.807) is 12.1 Å². The normalized spacial score (nSPS) is 19.0. The maximum absolute atomic E-state index is 12.5. The smallest absolute Gasteiger partial charge is 0.381 e. The van der Waals surface area contributed by atoms with Crippen molar-refractivity contribution in [3.63, 3.8) is 0 Å². The number of halogens is 3. The third kappa shape index (κ3) is 3.96. The molecular weight excluding hydrogens is 267 g/mol. The Morgan fingerprint density at radius 2 is 1.80 bits per heavy atom. The molecule has 1 aromatic rings. The third-order valence-corrected chi connectivity index (χ3v) is 3.94. The molecule has 0 amide bonds. The molecule has 112 valence electrons. The summed E-state index contributed by atoms with van der Waals surface area (Å²) >= 11 is 0. The van der Waals surface area contributed by atoms with Crippen LogP contribution in [-0.2, 0) is 17.3 Å². The molecule has 0 bridgehead atoms. The molecule has 20 heavy (non-hydrogen) atoms. The van der Waals surface area contributed by atoms with Crippen molar-refractivity contribution >= 4 is 0 Å². The minimum Gasteiger partial charge on any atom is -0.381 e. The maximum atomic E-state index is 12.5. The fourth-order valence-corrected chi connectivity index (χ4v) is 2.71. The molecule has 0 aliphatic carbocycles. The fourth-order valence-electron chi connectivity index (χ4n) is 2.71. The van der Waals surface area contributed by atoms with Crippen LogP contribution in [0.25, 0.3) is 0 Å². The van der Waals surface area contributed by atoms with Gasteiger partial charge in [0.25, 0.3) is 0 Å². The first-order valence-corrected chi connectivity index (χ1v) is 6.92. The molecule has 1 aliphatic heterocycles. The van der Waals surface area contributed by atoms with Gasteiger partial charge in [-0.25, -0.2) is 0 Å². The molecule has 1 saturated heterocycles. The van der Waals surface area contributed by atoms with Crippen molar-refractivity contribution in [1.29, 1.82) is 0 Å². The van der Waals surface area contributed by atoms with Crippen molar-refractivity contribution in [3.8, 4) is 0 Å². The van der Waals surface area contributed by atoms with Gasteiger partial charge in [-0.15, -0.1) is 0 Å². The summed E-state index contributed by atoms with van der Waals surface area (Å²) in [5.74, 6) is 0.524. The fraction of sp³-hybridized carbons (Fsp3) is 0.600. The van der Waals surface area contributed by atoms with Crippen LogP contribution in [0.15, 0.2) is 24.3 Å². The highest BCUT2D eigenvalue weighted by atomic mass is 19.4.